The van der Waals surface area contributed by atoms with E-state index in [2.05, 4.69) is 0 Å². The monoisotopic (exact) mass is 228 g/mol. The summed E-state index contributed by atoms with van der Waals surface area (Å²) in [5, 5.41) is 1.68. The summed E-state index contributed by atoms with van der Waals surface area (Å²) < 4.78 is 0. The highest BCUT2D eigenvalue weighted by atomic mass is 35.5. The number of hydrogen-bond donors (Lipinski definition) is 0. The lowest BCUT2D eigenvalue weighted by molar-refractivity contribution is 0.444. The van der Waals surface area contributed by atoms with Crippen LogP contribution in [-0.2, 0) is 0 Å². The third-order valence-electron chi connectivity index (χ3n) is 3.00. The third-order valence-corrected chi connectivity index (χ3v) is 3.58. The molecule has 2 heteroatoms. The van der Waals surface area contributed by atoms with Crippen LogP contribution in [0, 0.1) is 0 Å². The number of rotatable bonds is 1. The first-order valence-corrected chi connectivity index (χ1v) is 5.98. The van der Waals surface area contributed by atoms with E-state index < -0.39 is 0 Å². The third kappa shape index (κ3) is 2.24. The molecule has 1 aliphatic rings. The van der Waals surface area contributed by atoms with E-state index in [0.717, 1.165) is 10.0 Å². The molecule has 0 unspecified atom stereocenters. The molecule has 0 aliphatic heterocycles. The topological polar surface area (TPSA) is 0 Å². The Kier molecular flexibility index (Phi) is 3.35. The van der Waals surface area contributed by atoms with Gasteiger partial charge in [0, 0.05) is 10.0 Å². The largest absolute Gasteiger partial charge is 0.0843 e. The average Bonchev–Trinajstić information content (AvgIpc) is 2.23. The molecule has 0 bridgehead atoms. The zero-order valence-corrected chi connectivity index (χ0v) is 9.61. The van der Waals surface area contributed by atoms with Crippen molar-refractivity contribution in [1.82, 2.24) is 0 Å². The molecule has 0 nitrogen and oxygen atoms in total. The number of hydrogen-bond acceptors (Lipinski definition) is 0. The summed E-state index contributed by atoms with van der Waals surface area (Å²) in [6, 6.07) is 5.80. The molecule has 1 saturated carbocycles. The smallest absolute Gasteiger partial charge is 0.0441 e. The van der Waals surface area contributed by atoms with Crippen molar-refractivity contribution in [3.63, 3.8) is 0 Å². The SMILES string of the molecule is Clc1ccc(Cl)c(C2CCCCC2)c1. The number of halogens is 2. The standard InChI is InChI=1S/C12H14Cl2/c13-10-6-7-12(14)11(8-10)9-4-2-1-3-5-9/h6-9H,1-5H2. The van der Waals surface area contributed by atoms with Gasteiger partial charge >= 0.3 is 0 Å². The van der Waals surface area contributed by atoms with E-state index in [1.54, 1.807) is 0 Å². The van der Waals surface area contributed by atoms with Gasteiger partial charge in [-0.1, -0.05) is 42.5 Å². The molecule has 1 aliphatic carbocycles. The van der Waals surface area contributed by atoms with Gasteiger partial charge in [0.25, 0.3) is 0 Å². The summed E-state index contributed by atoms with van der Waals surface area (Å²) >= 11 is 12.1. The Morgan fingerprint density at radius 2 is 1.71 bits per heavy atom. The zero-order chi connectivity index (χ0) is 9.97. The first kappa shape index (κ1) is 10.3. The minimum atomic E-state index is 0.634. The molecule has 0 N–H and O–H groups in total. The van der Waals surface area contributed by atoms with Gasteiger partial charge in [0.1, 0.15) is 0 Å². The van der Waals surface area contributed by atoms with Crippen molar-refractivity contribution in [2.45, 2.75) is 38.0 Å². The van der Waals surface area contributed by atoms with Crippen LogP contribution < -0.4 is 0 Å². The Hall–Kier alpha value is -0.200. The van der Waals surface area contributed by atoms with Crippen LogP contribution >= 0.6 is 23.2 Å². The van der Waals surface area contributed by atoms with Gasteiger partial charge in [-0.2, -0.15) is 0 Å². The zero-order valence-electron chi connectivity index (χ0n) is 8.10. The summed E-state index contributed by atoms with van der Waals surface area (Å²) in [6.07, 6.45) is 6.55. The molecule has 0 spiro atoms. The van der Waals surface area contributed by atoms with Crippen LogP contribution in [0.5, 0.6) is 0 Å². The predicted molar refractivity (Wildman–Crippen MR) is 62.3 cm³/mol. The average molecular weight is 229 g/mol. The van der Waals surface area contributed by atoms with Crippen LogP contribution in [0.2, 0.25) is 10.0 Å². The van der Waals surface area contributed by atoms with E-state index >= 15 is 0 Å². The Morgan fingerprint density at radius 3 is 2.43 bits per heavy atom. The highest BCUT2D eigenvalue weighted by Gasteiger charge is 2.17. The van der Waals surface area contributed by atoms with E-state index in [-0.39, 0.29) is 0 Å². The van der Waals surface area contributed by atoms with Gasteiger partial charge in [-0.15, -0.1) is 0 Å². The fourth-order valence-corrected chi connectivity index (χ4v) is 2.69. The van der Waals surface area contributed by atoms with E-state index in [9.17, 15) is 0 Å². The second kappa shape index (κ2) is 4.55. The molecular formula is C12H14Cl2. The van der Waals surface area contributed by atoms with Gasteiger partial charge in [0.05, 0.1) is 0 Å². The fourth-order valence-electron chi connectivity index (χ4n) is 2.24. The summed E-state index contributed by atoms with van der Waals surface area (Å²) in [5.41, 5.74) is 1.25. The van der Waals surface area contributed by atoms with Gasteiger partial charge < -0.3 is 0 Å². The molecule has 1 aromatic rings. The Balaban J connectivity index is 2.24. The summed E-state index contributed by atoms with van der Waals surface area (Å²) in [5.74, 6) is 0.634. The van der Waals surface area contributed by atoms with Gasteiger partial charge in [-0.25, -0.2) is 0 Å². The van der Waals surface area contributed by atoms with Gasteiger partial charge in [0.15, 0.2) is 0 Å². The molecule has 0 saturated heterocycles. The molecule has 14 heavy (non-hydrogen) atoms. The first-order chi connectivity index (χ1) is 6.77. The molecule has 0 heterocycles. The Bertz CT molecular complexity index is 314. The molecule has 76 valence electrons. The van der Waals surface area contributed by atoms with Crippen LogP contribution in [0.25, 0.3) is 0 Å². The fraction of sp³-hybridized carbons (Fsp3) is 0.500. The molecule has 2 rings (SSSR count). The lowest BCUT2D eigenvalue weighted by Gasteiger charge is -2.22. The Labute approximate surface area is 95.2 Å². The molecule has 0 amide bonds. The Morgan fingerprint density at radius 1 is 1.00 bits per heavy atom. The summed E-state index contributed by atoms with van der Waals surface area (Å²) in [7, 11) is 0. The van der Waals surface area contributed by atoms with Crippen molar-refractivity contribution in [3.05, 3.63) is 33.8 Å². The van der Waals surface area contributed by atoms with Crippen LogP contribution in [0.4, 0.5) is 0 Å². The second-order valence-corrected chi connectivity index (χ2v) is 4.84. The quantitative estimate of drug-likeness (QED) is 0.632. The predicted octanol–water partition coefficient (Wildman–Crippen LogP) is 5.04. The molecule has 0 radical (unpaired) electrons. The maximum absolute atomic E-state index is 6.17. The van der Waals surface area contributed by atoms with Crippen molar-refractivity contribution >= 4 is 23.2 Å². The van der Waals surface area contributed by atoms with Crippen LogP contribution in [-0.4, -0.2) is 0 Å². The highest BCUT2D eigenvalue weighted by molar-refractivity contribution is 6.33. The van der Waals surface area contributed by atoms with Crippen molar-refractivity contribution in [1.29, 1.82) is 0 Å². The molecule has 1 aromatic carbocycles. The minimum absolute atomic E-state index is 0.634. The second-order valence-electron chi connectivity index (χ2n) is 4.00. The van der Waals surface area contributed by atoms with Crippen molar-refractivity contribution in [2.24, 2.45) is 0 Å². The molecular weight excluding hydrogens is 215 g/mol. The maximum atomic E-state index is 6.17. The van der Waals surface area contributed by atoms with Crippen LogP contribution in [0.1, 0.15) is 43.6 Å². The number of benzene rings is 1. The van der Waals surface area contributed by atoms with E-state index in [1.807, 2.05) is 18.2 Å². The molecule has 0 atom stereocenters. The van der Waals surface area contributed by atoms with Crippen molar-refractivity contribution < 1.29 is 0 Å². The summed E-state index contributed by atoms with van der Waals surface area (Å²) in [4.78, 5) is 0. The van der Waals surface area contributed by atoms with Gasteiger partial charge in [0.2, 0.25) is 0 Å². The normalized spacial score (nSPS) is 18.4. The van der Waals surface area contributed by atoms with E-state index in [1.165, 1.54) is 37.7 Å². The minimum Gasteiger partial charge on any atom is -0.0843 e. The first-order valence-electron chi connectivity index (χ1n) is 5.22. The van der Waals surface area contributed by atoms with Crippen molar-refractivity contribution in [3.8, 4) is 0 Å². The highest BCUT2D eigenvalue weighted by Crippen LogP contribution is 2.37. The lowest BCUT2D eigenvalue weighted by Crippen LogP contribution is -2.04. The van der Waals surface area contributed by atoms with Gasteiger partial charge in [-0.05, 0) is 42.5 Å². The van der Waals surface area contributed by atoms with Crippen LogP contribution in [0.15, 0.2) is 18.2 Å². The van der Waals surface area contributed by atoms with Gasteiger partial charge in [-0.3, -0.25) is 0 Å². The van der Waals surface area contributed by atoms with Crippen LogP contribution in [0.3, 0.4) is 0 Å². The summed E-state index contributed by atoms with van der Waals surface area (Å²) in [6.45, 7) is 0. The molecule has 1 fully saturated rings. The molecule has 0 aromatic heterocycles. The lowest BCUT2D eigenvalue weighted by atomic mass is 9.84. The van der Waals surface area contributed by atoms with Crippen molar-refractivity contribution in [2.75, 3.05) is 0 Å². The van der Waals surface area contributed by atoms with E-state index in [4.69, 9.17) is 23.2 Å². The van der Waals surface area contributed by atoms with E-state index in [0.29, 0.717) is 5.92 Å². The maximum Gasteiger partial charge on any atom is 0.0441 e.